The van der Waals surface area contributed by atoms with Crippen molar-refractivity contribution in [2.75, 3.05) is 19.7 Å². The number of rotatable bonds is 5. The molecule has 90 valence electrons. The molecule has 4 nitrogen and oxygen atoms in total. The Morgan fingerprint density at radius 1 is 1.62 bits per heavy atom. The Bertz CT molecular complexity index is 305. The van der Waals surface area contributed by atoms with Crippen molar-refractivity contribution in [2.24, 2.45) is 5.92 Å². The highest BCUT2D eigenvalue weighted by Crippen LogP contribution is 2.15. The molecule has 0 saturated carbocycles. The molecule has 1 aromatic rings. The number of hydrogen-bond donors (Lipinski definition) is 1. The fraction of sp³-hybridized carbons (Fsp3) is 0.750. The Kier molecular flexibility index (Phi) is 4.22. The van der Waals surface area contributed by atoms with Crippen molar-refractivity contribution in [2.45, 2.75) is 32.7 Å². The number of nitrogens with zero attached hydrogens (tertiary/aromatic N) is 2. The van der Waals surface area contributed by atoms with E-state index in [-0.39, 0.29) is 0 Å². The molecular weight excluding hydrogens is 202 g/mol. The SMILES string of the molecule is CCn1cc(OCCC2CCCNC2)cn1. The summed E-state index contributed by atoms with van der Waals surface area (Å²) < 4.78 is 7.57. The van der Waals surface area contributed by atoms with Gasteiger partial charge in [-0.2, -0.15) is 5.10 Å². The van der Waals surface area contributed by atoms with E-state index in [9.17, 15) is 0 Å². The number of ether oxygens (including phenoxy) is 1. The first-order valence-electron chi connectivity index (χ1n) is 6.24. The molecule has 2 rings (SSSR count). The van der Waals surface area contributed by atoms with Gasteiger partial charge in [0.2, 0.25) is 0 Å². The Hall–Kier alpha value is -1.03. The van der Waals surface area contributed by atoms with Gasteiger partial charge < -0.3 is 10.1 Å². The Morgan fingerprint density at radius 3 is 3.25 bits per heavy atom. The van der Waals surface area contributed by atoms with Gasteiger partial charge in [0.05, 0.1) is 19.0 Å². The van der Waals surface area contributed by atoms with E-state index >= 15 is 0 Å². The molecule has 1 fully saturated rings. The van der Waals surface area contributed by atoms with E-state index in [0.29, 0.717) is 0 Å². The summed E-state index contributed by atoms with van der Waals surface area (Å²) in [5.41, 5.74) is 0. The van der Waals surface area contributed by atoms with Gasteiger partial charge in [0.15, 0.2) is 5.75 Å². The number of aryl methyl sites for hydroxylation is 1. The van der Waals surface area contributed by atoms with E-state index < -0.39 is 0 Å². The van der Waals surface area contributed by atoms with Gasteiger partial charge in [0.25, 0.3) is 0 Å². The molecule has 1 atom stereocenters. The van der Waals surface area contributed by atoms with Crippen LogP contribution >= 0.6 is 0 Å². The van der Waals surface area contributed by atoms with Crippen LogP contribution in [0.1, 0.15) is 26.2 Å². The maximum absolute atomic E-state index is 5.68. The fourth-order valence-electron chi connectivity index (χ4n) is 2.11. The van der Waals surface area contributed by atoms with Crippen molar-refractivity contribution in [1.82, 2.24) is 15.1 Å². The predicted octanol–water partition coefficient (Wildman–Crippen LogP) is 1.67. The zero-order valence-corrected chi connectivity index (χ0v) is 9.98. The summed E-state index contributed by atoms with van der Waals surface area (Å²) in [4.78, 5) is 0. The summed E-state index contributed by atoms with van der Waals surface area (Å²) in [6, 6.07) is 0. The molecule has 1 N–H and O–H groups in total. The van der Waals surface area contributed by atoms with Crippen LogP contribution in [0.5, 0.6) is 5.75 Å². The maximum Gasteiger partial charge on any atom is 0.157 e. The zero-order valence-electron chi connectivity index (χ0n) is 9.98. The maximum atomic E-state index is 5.68. The average molecular weight is 223 g/mol. The molecule has 1 aliphatic rings. The second kappa shape index (κ2) is 5.89. The first-order chi connectivity index (χ1) is 7.88. The third kappa shape index (κ3) is 3.23. The molecule has 1 aliphatic heterocycles. The first-order valence-corrected chi connectivity index (χ1v) is 6.24. The van der Waals surface area contributed by atoms with Gasteiger partial charge in [-0.25, -0.2) is 0 Å². The zero-order chi connectivity index (χ0) is 11.2. The van der Waals surface area contributed by atoms with Gasteiger partial charge >= 0.3 is 0 Å². The fourth-order valence-corrected chi connectivity index (χ4v) is 2.11. The molecule has 0 bridgehead atoms. The Labute approximate surface area is 97.0 Å². The molecule has 1 aromatic heterocycles. The van der Waals surface area contributed by atoms with Crippen molar-refractivity contribution >= 4 is 0 Å². The summed E-state index contributed by atoms with van der Waals surface area (Å²) in [7, 11) is 0. The van der Waals surface area contributed by atoms with Crippen molar-refractivity contribution in [3.8, 4) is 5.75 Å². The van der Waals surface area contributed by atoms with E-state index in [1.54, 1.807) is 6.20 Å². The predicted molar refractivity (Wildman–Crippen MR) is 63.6 cm³/mol. The van der Waals surface area contributed by atoms with Gasteiger partial charge in [-0.05, 0) is 45.2 Å². The highest BCUT2D eigenvalue weighted by molar-refractivity contribution is 5.11. The minimum atomic E-state index is 0.787. The Morgan fingerprint density at radius 2 is 2.56 bits per heavy atom. The number of aromatic nitrogens is 2. The molecule has 0 aromatic carbocycles. The molecule has 16 heavy (non-hydrogen) atoms. The summed E-state index contributed by atoms with van der Waals surface area (Å²) in [5.74, 6) is 1.68. The molecule has 0 radical (unpaired) electrons. The van der Waals surface area contributed by atoms with Crippen molar-refractivity contribution in [1.29, 1.82) is 0 Å². The van der Waals surface area contributed by atoms with E-state index in [1.807, 2.05) is 10.9 Å². The number of nitrogens with one attached hydrogen (secondary N) is 1. The smallest absolute Gasteiger partial charge is 0.157 e. The summed E-state index contributed by atoms with van der Waals surface area (Å²) in [6.45, 7) is 6.11. The molecule has 0 spiro atoms. The molecule has 4 heteroatoms. The second-order valence-electron chi connectivity index (χ2n) is 4.38. The molecule has 0 amide bonds. The molecule has 0 aliphatic carbocycles. The number of piperidine rings is 1. The highest BCUT2D eigenvalue weighted by atomic mass is 16.5. The highest BCUT2D eigenvalue weighted by Gasteiger charge is 2.12. The Balaban J connectivity index is 1.66. The quantitative estimate of drug-likeness (QED) is 0.825. The van der Waals surface area contributed by atoms with Crippen molar-refractivity contribution in [3.63, 3.8) is 0 Å². The number of hydrogen-bond acceptors (Lipinski definition) is 3. The van der Waals surface area contributed by atoms with Gasteiger partial charge in [0, 0.05) is 6.54 Å². The topological polar surface area (TPSA) is 39.1 Å². The van der Waals surface area contributed by atoms with Crippen LogP contribution in [-0.2, 0) is 6.54 Å². The third-order valence-corrected chi connectivity index (χ3v) is 3.13. The van der Waals surface area contributed by atoms with Crippen LogP contribution in [0.4, 0.5) is 0 Å². The van der Waals surface area contributed by atoms with Crippen LogP contribution in [0.2, 0.25) is 0 Å². The lowest BCUT2D eigenvalue weighted by atomic mass is 9.97. The summed E-state index contributed by atoms with van der Waals surface area (Å²) in [6.07, 6.45) is 7.54. The van der Waals surface area contributed by atoms with Crippen LogP contribution in [0.3, 0.4) is 0 Å². The minimum absolute atomic E-state index is 0.787. The molecule has 1 saturated heterocycles. The van der Waals surface area contributed by atoms with Crippen molar-refractivity contribution < 1.29 is 4.74 Å². The first kappa shape index (κ1) is 11.5. The molecule has 2 heterocycles. The monoisotopic (exact) mass is 223 g/mol. The lowest BCUT2D eigenvalue weighted by molar-refractivity contribution is 0.254. The average Bonchev–Trinajstić information content (AvgIpc) is 2.78. The van der Waals surface area contributed by atoms with Crippen LogP contribution in [0, 0.1) is 5.92 Å². The minimum Gasteiger partial charge on any atom is -0.490 e. The standard InChI is InChI=1S/C12H21N3O/c1-2-15-10-12(9-14-15)16-7-5-11-4-3-6-13-8-11/h9-11,13H,2-8H2,1H3. The second-order valence-corrected chi connectivity index (χ2v) is 4.38. The normalized spacial score (nSPS) is 20.9. The van der Waals surface area contributed by atoms with Crippen LogP contribution in [0.15, 0.2) is 12.4 Å². The van der Waals surface area contributed by atoms with Crippen LogP contribution in [0.25, 0.3) is 0 Å². The van der Waals surface area contributed by atoms with E-state index in [0.717, 1.165) is 37.8 Å². The summed E-state index contributed by atoms with van der Waals surface area (Å²) in [5, 5.41) is 7.60. The van der Waals surface area contributed by atoms with Gasteiger partial charge in [-0.3, -0.25) is 4.68 Å². The van der Waals surface area contributed by atoms with Crippen LogP contribution in [-0.4, -0.2) is 29.5 Å². The van der Waals surface area contributed by atoms with E-state index in [2.05, 4.69) is 17.3 Å². The van der Waals surface area contributed by atoms with Gasteiger partial charge in [-0.15, -0.1) is 0 Å². The molecule has 1 unspecified atom stereocenters. The summed E-state index contributed by atoms with van der Waals surface area (Å²) >= 11 is 0. The van der Waals surface area contributed by atoms with Gasteiger partial charge in [0.1, 0.15) is 0 Å². The van der Waals surface area contributed by atoms with E-state index in [1.165, 1.54) is 19.4 Å². The van der Waals surface area contributed by atoms with Gasteiger partial charge in [-0.1, -0.05) is 0 Å². The lowest BCUT2D eigenvalue weighted by Crippen LogP contribution is -2.30. The lowest BCUT2D eigenvalue weighted by Gasteiger charge is -2.22. The van der Waals surface area contributed by atoms with Crippen LogP contribution < -0.4 is 10.1 Å². The largest absolute Gasteiger partial charge is 0.490 e. The third-order valence-electron chi connectivity index (χ3n) is 3.13. The van der Waals surface area contributed by atoms with Crippen molar-refractivity contribution in [3.05, 3.63) is 12.4 Å². The molecular formula is C12H21N3O. The van der Waals surface area contributed by atoms with E-state index in [4.69, 9.17) is 4.74 Å².